The molecule has 1 saturated carbocycles. The van der Waals surface area contributed by atoms with E-state index in [1.165, 1.54) is 74.4 Å². The molecule has 2 fully saturated rings. The molecule has 7 atom stereocenters. The molecule has 0 amide bonds. The average Bonchev–Trinajstić information content (AvgIpc) is 4.03. The van der Waals surface area contributed by atoms with E-state index in [0.717, 1.165) is 18.9 Å². The third-order valence-electron chi connectivity index (χ3n) is 13.1. The summed E-state index contributed by atoms with van der Waals surface area (Å²) in [5.74, 6) is 1.99. The van der Waals surface area contributed by atoms with Gasteiger partial charge in [0.05, 0.1) is 28.0 Å². The van der Waals surface area contributed by atoms with Gasteiger partial charge in [0, 0.05) is 23.6 Å². The van der Waals surface area contributed by atoms with Crippen molar-refractivity contribution in [2.45, 2.75) is 63.4 Å². The Morgan fingerprint density at radius 2 is 1.39 bits per heavy atom. The van der Waals surface area contributed by atoms with Crippen LogP contribution < -0.4 is 25.6 Å². The standard InChI is InChI=1S/C52H54NOSi2/c1-55(44-28-22-41(23-29-44)40-20-26-43(27-21-40)53-50-17-9-8-15-48(50)49-16-10-18-51(49)53)46-32-34-47(35-33-46)56(2)45-30-24-42(25-31-45)52(54-37-39-13-6-7-14-39)36-19-38-11-4-3-5-12-38/h3-6,8-9,11-13,15,17,19-36,39,48-52,55H,7,10,14,16,18,37H2,1-2H3/q+1/b36-19+/t39-,48?,49?,50?,51?,52+,55?/m1/s1. The number of benzene rings is 5. The van der Waals surface area contributed by atoms with Crippen molar-refractivity contribution < 1.29 is 4.74 Å². The molecule has 4 aliphatic rings. The molecule has 0 aromatic heterocycles. The van der Waals surface area contributed by atoms with Crippen molar-refractivity contribution in [1.82, 2.24) is 0 Å². The Labute approximate surface area is 338 Å². The minimum Gasteiger partial charge on any atom is -0.369 e. The summed E-state index contributed by atoms with van der Waals surface area (Å²) in [5, 5.41) is 5.88. The number of hydrogen-bond acceptors (Lipinski definition) is 2. The Morgan fingerprint density at radius 1 is 0.732 bits per heavy atom. The molecule has 1 heterocycles. The first-order valence-electron chi connectivity index (χ1n) is 21.0. The molecular weight excluding hydrogens is 711 g/mol. The summed E-state index contributed by atoms with van der Waals surface area (Å²) in [5.41, 5.74) is 6.40. The molecule has 5 unspecified atom stereocenters. The minimum absolute atomic E-state index is 0.0639. The molecule has 0 bridgehead atoms. The molecule has 5 aromatic rings. The van der Waals surface area contributed by atoms with Crippen molar-refractivity contribution in [3.05, 3.63) is 181 Å². The zero-order valence-electron chi connectivity index (χ0n) is 32.9. The van der Waals surface area contributed by atoms with Gasteiger partial charge >= 0.3 is 8.80 Å². The van der Waals surface area contributed by atoms with Crippen LogP contribution in [0, 0.1) is 17.8 Å². The number of rotatable bonds is 12. The second-order valence-electron chi connectivity index (χ2n) is 16.5. The second kappa shape index (κ2) is 16.8. The van der Waals surface area contributed by atoms with Crippen LogP contribution in [0.15, 0.2) is 170 Å². The van der Waals surface area contributed by atoms with E-state index in [1.807, 2.05) is 0 Å². The Bertz CT molecular complexity index is 2190. The molecule has 280 valence electrons. The van der Waals surface area contributed by atoms with Gasteiger partial charge in [-0.2, -0.15) is 0 Å². The number of ether oxygens (including phenoxy) is 1. The first-order chi connectivity index (χ1) is 27.6. The summed E-state index contributed by atoms with van der Waals surface area (Å²) in [6.45, 7) is 5.65. The molecule has 9 rings (SSSR count). The Kier molecular flexibility index (Phi) is 11.0. The van der Waals surface area contributed by atoms with Crippen LogP contribution in [0.5, 0.6) is 0 Å². The fraction of sp³-hybridized carbons (Fsp3) is 0.269. The predicted octanol–water partition coefficient (Wildman–Crippen LogP) is 9.40. The summed E-state index contributed by atoms with van der Waals surface area (Å²) in [6.07, 6.45) is 24.8. The fourth-order valence-electron chi connectivity index (χ4n) is 9.82. The summed E-state index contributed by atoms with van der Waals surface area (Å²) >= 11 is 0. The van der Waals surface area contributed by atoms with Crippen LogP contribution in [-0.4, -0.2) is 36.3 Å². The normalized spacial score (nSPS) is 23.4. The van der Waals surface area contributed by atoms with Crippen LogP contribution in [0.25, 0.3) is 17.2 Å². The molecule has 3 aliphatic carbocycles. The van der Waals surface area contributed by atoms with Crippen LogP contribution in [0.2, 0.25) is 13.1 Å². The van der Waals surface area contributed by atoms with E-state index in [4.69, 9.17) is 4.74 Å². The highest BCUT2D eigenvalue weighted by Crippen LogP contribution is 2.49. The van der Waals surface area contributed by atoms with Gasteiger partial charge in [-0.3, -0.25) is 0 Å². The molecule has 56 heavy (non-hydrogen) atoms. The van der Waals surface area contributed by atoms with Gasteiger partial charge in [0.15, 0.2) is 0 Å². The maximum absolute atomic E-state index is 6.54. The largest absolute Gasteiger partial charge is 0.387 e. The maximum atomic E-state index is 6.54. The zero-order chi connectivity index (χ0) is 37.8. The molecule has 5 aromatic carbocycles. The smallest absolute Gasteiger partial charge is 0.369 e. The van der Waals surface area contributed by atoms with Crippen molar-refractivity contribution in [3.8, 4) is 11.1 Å². The van der Waals surface area contributed by atoms with E-state index >= 15 is 0 Å². The van der Waals surface area contributed by atoms with E-state index in [1.54, 1.807) is 0 Å². The van der Waals surface area contributed by atoms with Crippen LogP contribution in [0.1, 0.15) is 49.3 Å². The molecule has 1 aliphatic heterocycles. The molecule has 1 saturated heterocycles. The summed E-state index contributed by atoms with van der Waals surface area (Å²) in [7, 11) is -2.19. The summed E-state index contributed by atoms with van der Waals surface area (Å²) in [6, 6.07) is 49.4. The Hall–Kier alpha value is -4.75. The number of allylic oxidation sites excluding steroid dienone is 3. The number of fused-ring (bicyclic) bond motifs is 3. The first-order valence-corrected chi connectivity index (χ1v) is 25.3. The highest BCUT2D eigenvalue weighted by Gasteiger charge is 2.49. The molecule has 4 heteroatoms. The van der Waals surface area contributed by atoms with E-state index in [0.29, 0.717) is 23.9 Å². The van der Waals surface area contributed by atoms with Gasteiger partial charge in [0.2, 0.25) is 0 Å². The van der Waals surface area contributed by atoms with E-state index < -0.39 is 17.6 Å². The first kappa shape index (κ1) is 36.9. The van der Waals surface area contributed by atoms with Crippen LogP contribution >= 0.6 is 0 Å². The van der Waals surface area contributed by atoms with Gasteiger partial charge in [-0.05, 0) is 90.3 Å². The second-order valence-corrected chi connectivity index (χ2v) is 21.6. The lowest BCUT2D eigenvalue weighted by Crippen LogP contribution is -2.42. The quantitative estimate of drug-likeness (QED) is 0.0928. The lowest BCUT2D eigenvalue weighted by atomic mass is 9.86. The van der Waals surface area contributed by atoms with Crippen LogP contribution in [-0.2, 0) is 4.74 Å². The van der Waals surface area contributed by atoms with Crippen molar-refractivity contribution in [3.63, 3.8) is 0 Å². The van der Waals surface area contributed by atoms with Gasteiger partial charge in [-0.15, -0.1) is 0 Å². The predicted molar refractivity (Wildman–Crippen MR) is 243 cm³/mol. The van der Waals surface area contributed by atoms with E-state index in [2.05, 4.69) is 194 Å². The summed E-state index contributed by atoms with van der Waals surface area (Å²) in [4.78, 5) is 2.74. The van der Waals surface area contributed by atoms with Crippen molar-refractivity contribution in [2.24, 2.45) is 17.8 Å². The highest BCUT2D eigenvalue weighted by molar-refractivity contribution is 6.85. The van der Waals surface area contributed by atoms with Gasteiger partial charge in [0.25, 0.3) is 0 Å². The molecule has 0 radical (unpaired) electrons. The van der Waals surface area contributed by atoms with Gasteiger partial charge < -0.3 is 9.64 Å². The number of nitrogens with zero attached hydrogens (tertiary/aromatic N) is 1. The maximum Gasteiger partial charge on any atom is 0.387 e. The highest BCUT2D eigenvalue weighted by atomic mass is 28.3. The molecule has 2 nitrogen and oxygen atoms in total. The fourth-order valence-corrected chi connectivity index (χ4v) is 13.4. The van der Waals surface area contributed by atoms with Crippen molar-refractivity contribution in [1.29, 1.82) is 0 Å². The van der Waals surface area contributed by atoms with Crippen molar-refractivity contribution >= 4 is 50.1 Å². The third kappa shape index (κ3) is 7.80. The van der Waals surface area contributed by atoms with Gasteiger partial charge in [-0.1, -0.05) is 163 Å². The molecule has 0 spiro atoms. The average molecular weight is 765 g/mol. The minimum atomic E-state index is -1.30. The Balaban J connectivity index is 0.839. The number of anilines is 1. The third-order valence-corrected chi connectivity index (χ3v) is 18.3. The van der Waals surface area contributed by atoms with E-state index in [9.17, 15) is 0 Å². The SMILES string of the molecule is C[Si+](c1ccc([C@H](/C=C/c2ccccc2)OC[C@@H]2C=CCC2)cc1)c1ccc([SiH](C)c2ccc(-c3ccc(N4C5C=CC=CC5C5CCCC54)cc3)cc2)cc1. The van der Waals surface area contributed by atoms with Crippen molar-refractivity contribution in [2.75, 3.05) is 11.5 Å². The lowest BCUT2D eigenvalue weighted by Gasteiger charge is -2.32. The van der Waals surface area contributed by atoms with Crippen LogP contribution in [0.4, 0.5) is 5.69 Å². The van der Waals surface area contributed by atoms with E-state index in [-0.39, 0.29) is 6.10 Å². The topological polar surface area (TPSA) is 12.5 Å². The summed E-state index contributed by atoms with van der Waals surface area (Å²) < 4.78 is 6.54. The molecular formula is C52H54NOSi2+. The number of hydrogen-bond donors (Lipinski definition) is 0. The van der Waals surface area contributed by atoms with Gasteiger partial charge in [0.1, 0.15) is 16.5 Å². The zero-order valence-corrected chi connectivity index (χ0v) is 35.0. The molecule has 0 N–H and O–H groups in total. The lowest BCUT2D eigenvalue weighted by molar-refractivity contribution is 0.0675. The monoisotopic (exact) mass is 764 g/mol. The van der Waals surface area contributed by atoms with Gasteiger partial charge in [-0.25, -0.2) is 0 Å². The van der Waals surface area contributed by atoms with Crippen LogP contribution in [0.3, 0.4) is 0 Å². The Morgan fingerprint density at radius 3 is 2.09 bits per heavy atom.